The molecule has 7 nitrogen and oxygen atoms in total. The Morgan fingerprint density at radius 1 is 0.568 bits per heavy atom. The van der Waals surface area contributed by atoms with Crippen molar-refractivity contribution in [1.82, 2.24) is 0 Å². The number of carboxylic acids is 2. The molecular formula is C37H49NO6. The Kier molecular flexibility index (Phi) is 25.8. The molecule has 238 valence electrons. The molecule has 0 unspecified atom stereocenters. The number of unbranched alkanes of at least 4 members (excludes halogenated alkanes) is 10. The fourth-order valence-electron chi connectivity index (χ4n) is 3.69. The summed E-state index contributed by atoms with van der Waals surface area (Å²) < 4.78 is 5.26. The third-order valence-electron chi connectivity index (χ3n) is 6.14. The molecular weight excluding hydrogens is 554 g/mol. The summed E-state index contributed by atoms with van der Waals surface area (Å²) >= 11 is 0. The smallest absolute Gasteiger partial charge is 0.338 e. The first kappa shape index (κ1) is 39.6. The number of carbonyl (C=O) groups excluding carboxylic acids is 1. The molecule has 0 aliphatic rings. The number of nitriles is 1. The first-order valence-corrected chi connectivity index (χ1v) is 15.5. The highest BCUT2D eigenvalue weighted by Gasteiger charge is 2.04. The van der Waals surface area contributed by atoms with Crippen molar-refractivity contribution in [3.05, 3.63) is 108 Å². The maximum atomic E-state index is 11.7. The zero-order valence-corrected chi connectivity index (χ0v) is 26.3. The molecule has 0 spiro atoms. The lowest BCUT2D eigenvalue weighted by atomic mass is 10.1. The van der Waals surface area contributed by atoms with Gasteiger partial charge in [0.25, 0.3) is 0 Å². The van der Waals surface area contributed by atoms with Gasteiger partial charge in [0.05, 0.1) is 29.4 Å². The number of carboxylic acid groups (broad SMARTS) is 2. The van der Waals surface area contributed by atoms with Crippen molar-refractivity contribution in [3.63, 3.8) is 0 Å². The van der Waals surface area contributed by atoms with Crippen molar-refractivity contribution < 1.29 is 29.3 Å². The van der Waals surface area contributed by atoms with E-state index in [0.29, 0.717) is 29.7 Å². The van der Waals surface area contributed by atoms with Crippen molar-refractivity contribution in [3.8, 4) is 6.07 Å². The molecule has 0 atom stereocenters. The highest BCUT2D eigenvalue weighted by molar-refractivity contribution is 5.89. The lowest BCUT2D eigenvalue weighted by Gasteiger charge is -2.05. The SMILES string of the molecule is CCCC#N.CCCCCCCCCCCCOC(=O)c1ccccc1.O=C(O)c1ccccc1.O=C(O)c1ccccc1. The van der Waals surface area contributed by atoms with Gasteiger partial charge in [0, 0.05) is 6.42 Å². The van der Waals surface area contributed by atoms with Crippen LogP contribution in [0.2, 0.25) is 0 Å². The van der Waals surface area contributed by atoms with Crippen LogP contribution in [0.15, 0.2) is 91.0 Å². The number of benzene rings is 3. The number of hydrogen-bond donors (Lipinski definition) is 2. The van der Waals surface area contributed by atoms with E-state index in [-0.39, 0.29) is 5.97 Å². The van der Waals surface area contributed by atoms with Crippen molar-refractivity contribution >= 4 is 17.9 Å². The van der Waals surface area contributed by atoms with E-state index in [2.05, 4.69) is 6.92 Å². The molecule has 0 saturated carbocycles. The maximum absolute atomic E-state index is 11.7. The van der Waals surface area contributed by atoms with Gasteiger partial charge in [-0.1, -0.05) is 126 Å². The van der Waals surface area contributed by atoms with E-state index in [1.165, 1.54) is 51.4 Å². The highest BCUT2D eigenvalue weighted by atomic mass is 16.5. The van der Waals surface area contributed by atoms with Crippen molar-refractivity contribution in [2.75, 3.05) is 6.61 Å². The normalized spacial score (nSPS) is 9.39. The van der Waals surface area contributed by atoms with Crippen LogP contribution in [-0.4, -0.2) is 34.7 Å². The molecule has 0 aromatic heterocycles. The zero-order chi connectivity index (χ0) is 32.7. The molecule has 0 amide bonds. The lowest BCUT2D eigenvalue weighted by molar-refractivity contribution is 0.0496. The summed E-state index contributed by atoms with van der Waals surface area (Å²) in [6, 6.07) is 27.8. The third-order valence-corrected chi connectivity index (χ3v) is 6.14. The van der Waals surface area contributed by atoms with Gasteiger partial charge >= 0.3 is 17.9 Å². The summed E-state index contributed by atoms with van der Waals surface area (Å²) in [6.07, 6.45) is 14.6. The standard InChI is InChI=1S/C19H30O2.2C7H6O2.C4H7N/c1-2-3-4-5-6-7-8-9-10-14-17-21-19(20)18-15-12-11-13-16-18;2*8-7(9)6-4-2-1-3-5-6;1-2-3-4-5/h11-13,15-16H,2-10,14,17H2,1H3;2*1-5H,(H,8,9);2-3H2,1H3. The Bertz CT molecular complexity index is 1110. The Hall–Kier alpha value is -4.44. The molecule has 44 heavy (non-hydrogen) atoms. The molecule has 0 heterocycles. The van der Waals surface area contributed by atoms with Crippen molar-refractivity contribution in [2.24, 2.45) is 0 Å². The summed E-state index contributed by atoms with van der Waals surface area (Å²) in [6.45, 7) is 4.79. The minimum atomic E-state index is -0.879. The van der Waals surface area contributed by atoms with Crippen LogP contribution >= 0.6 is 0 Å². The average Bonchev–Trinajstić information content (AvgIpc) is 3.06. The van der Waals surface area contributed by atoms with Gasteiger partial charge in [-0.2, -0.15) is 5.26 Å². The minimum Gasteiger partial charge on any atom is -0.478 e. The molecule has 3 aromatic carbocycles. The topological polar surface area (TPSA) is 125 Å². The van der Waals surface area contributed by atoms with Gasteiger partial charge in [0.2, 0.25) is 0 Å². The first-order valence-electron chi connectivity index (χ1n) is 15.5. The number of aromatic carboxylic acids is 2. The van der Waals surface area contributed by atoms with Crippen LogP contribution in [0.25, 0.3) is 0 Å². The summed E-state index contributed by atoms with van der Waals surface area (Å²) in [7, 11) is 0. The van der Waals surface area contributed by atoms with Crippen molar-refractivity contribution in [1.29, 1.82) is 5.26 Å². The van der Waals surface area contributed by atoms with E-state index in [1.807, 2.05) is 31.2 Å². The average molecular weight is 604 g/mol. The number of rotatable bonds is 15. The van der Waals surface area contributed by atoms with E-state index in [9.17, 15) is 14.4 Å². The second kappa shape index (κ2) is 28.7. The second-order valence-corrected chi connectivity index (χ2v) is 9.93. The number of nitrogens with zero attached hydrogens (tertiary/aromatic N) is 1. The third kappa shape index (κ3) is 23.2. The zero-order valence-electron chi connectivity index (χ0n) is 26.3. The van der Waals surface area contributed by atoms with Crippen LogP contribution in [0.3, 0.4) is 0 Å². The Morgan fingerprint density at radius 2 is 0.932 bits per heavy atom. The van der Waals surface area contributed by atoms with E-state index in [1.54, 1.807) is 72.8 Å². The van der Waals surface area contributed by atoms with Crippen LogP contribution in [0.4, 0.5) is 0 Å². The van der Waals surface area contributed by atoms with Crippen LogP contribution < -0.4 is 0 Å². The number of ether oxygens (including phenoxy) is 1. The molecule has 0 fully saturated rings. The van der Waals surface area contributed by atoms with E-state index in [4.69, 9.17) is 20.2 Å². The molecule has 3 aromatic rings. The van der Waals surface area contributed by atoms with E-state index in [0.717, 1.165) is 19.3 Å². The molecule has 0 aliphatic heterocycles. The van der Waals surface area contributed by atoms with Gasteiger partial charge in [-0.25, -0.2) is 14.4 Å². The highest BCUT2D eigenvalue weighted by Crippen LogP contribution is 2.11. The molecule has 0 aliphatic carbocycles. The summed E-state index contributed by atoms with van der Waals surface area (Å²) in [5, 5.41) is 24.6. The lowest BCUT2D eigenvalue weighted by Crippen LogP contribution is -2.06. The fraction of sp³-hybridized carbons (Fsp3) is 0.405. The summed E-state index contributed by atoms with van der Waals surface area (Å²) in [5.41, 5.74) is 1.31. The molecule has 0 saturated heterocycles. The molecule has 3 rings (SSSR count). The second-order valence-electron chi connectivity index (χ2n) is 9.93. The first-order chi connectivity index (χ1) is 21.4. The van der Waals surface area contributed by atoms with Gasteiger partial charge in [-0.3, -0.25) is 0 Å². The molecule has 7 heteroatoms. The van der Waals surface area contributed by atoms with Gasteiger partial charge in [0.15, 0.2) is 0 Å². The number of carbonyl (C=O) groups is 3. The monoisotopic (exact) mass is 603 g/mol. The predicted molar refractivity (Wildman–Crippen MR) is 176 cm³/mol. The quantitative estimate of drug-likeness (QED) is 0.131. The van der Waals surface area contributed by atoms with Gasteiger partial charge in [-0.05, 0) is 49.2 Å². The molecule has 0 radical (unpaired) electrons. The van der Waals surface area contributed by atoms with E-state index >= 15 is 0 Å². The Balaban J connectivity index is 0.000000658. The Morgan fingerprint density at radius 3 is 1.23 bits per heavy atom. The fourth-order valence-corrected chi connectivity index (χ4v) is 3.69. The maximum Gasteiger partial charge on any atom is 0.338 e. The van der Waals surface area contributed by atoms with E-state index < -0.39 is 11.9 Å². The summed E-state index contributed by atoms with van der Waals surface area (Å²) in [5.74, 6) is -1.96. The van der Waals surface area contributed by atoms with Crippen LogP contribution in [-0.2, 0) is 4.74 Å². The van der Waals surface area contributed by atoms with Gasteiger partial charge in [0.1, 0.15) is 0 Å². The van der Waals surface area contributed by atoms with Crippen LogP contribution in [0, 0.1) is 11.3 Å². The van der Waals surface area contributed by atoms with Gasteiger partial charge < -0.3 is 14.9 Å². The predicted octanol–water partition coefficient (Wildman–Crippen LogP) is 9.84. The van der Waals surface area contributed by atoms with Crippen LogP contribution in [0.1, 0.15) is 122 Å². The van der Waals surface area contributed by atoms with Crippen molar-refractivity contribution in [2.45, 2.75) is 90.9 Å². The molecule has 2 N–H and O–H groups in total. The number of hydrogen-bond acceptors (Lipinski definition) is 5. The molecule has 0 bridgehead atoms. The largest absolute Gasteiger partial charge is 0.478 e. The van der Waals surface area contributed by atoms with Gasteiger partial charge in [-0.15, -0.1) is 0 Å². The minimum absolute atomic E-state index is 0.202. The van der Waals surface area contributed by atoms with Crippen LogP contribution in [0.5, 0.6) is 0 Å². The summed E-state index contributed by atoms with van der Waals surface area (Å²) in [4.78, 5) is 32.1. The Labute approximate surface area is 263 Å². The number of esters is 1.